The van der Waals surface area contributed by atoms with Crippen molar-refractivity contribution in [2.75, 3.05) is 11.6 Å². The monoisotopic (exact) mass is 206 g/mol. The zero-order valence-electron chi connectivity index (χ0n) is 8.66. The Morgan fingerprint density at radius 3 is 2.64 bits per heavy atom. The van der Waals surface area contributed by atoms with Crippen LogP contribution in [0.1, 0.15) is 19.4 Å². The molecule has 74 valence electrons. The fraction of sp³-hybridized carbons (Fsp3) is 0.364. The summed E-state index contributed by atoms with van der Waals surface area (Å²) in [6.45, 7) is 4.17. The van der Waals surface area contributed by atoms with Gasteiger partial charge in [0.25, 0.3) is 0 Å². The van der Waals surface area contributed by atoms with Gasteiger partial charge in [-0.15, -0.1) is 11.8 Å². The first kappa shape index (κ1) is 10.9. The third kappa shape index (κ3) is 2.68. The molecule has 0 atom stereocenters. The van der Waals surface area contributed by atoms with Crippen molar-refractivity contribution < 1.29 is 0 Å². The molecule has 14 heavy (non-hydrogen) atoms. The van der Waals surface area contributed by atoms with Crippen molar-refractivity contribution in [2.45, 2.75) is 24.8 Å². The van der Waals surface area contributed by atoms with Gasteiger partial charge in [0, 0.05) is 16.6 Å². The summed E-state index contributed by atoms with van der Waals surface area (Å²) in [5.41, 5.74) is 1.75. The largest absolute Gasteiger partial charge is 0.382 e. The Bertz CT molecular complexity index is 353. The lowest BCUT2D eigenvalue weighted by molar-refractivity contribution is 0.894. The number of nitrogens with zero attached hydrogens (tertiary/aromatic N) is 1. The van der Waals surface area contributed by atoms with E-state index in [9.17, 15) is 0 Å². The van der Waals surface area contributed by atoms with Crippen LogP contribution in [0.15, 0.2) is 23.1 Å². The molecule has 0 radical (unpaired) electrons. The predicted octanol–water partition coefficient (Wildman–Crippen LogP) is 3.10. The number of anilines is 1. The standard InChI is InChI=1S/C11H14N2S/c1-8(2)13-10-6-9(7-12)4-5-11(10)14-3/h4-6,8,13H,1-3H3. The second-order valence-corrected chi connectivity index (χ2v) is 4.17. The third-order valence-corrected chi connectivity index (χ3v) is 2.57. The summed E-state index contributed by atoms with van der Waals surface area (Å²) in [4.78, 5) is 1.18. The number of nitriles is 1. The highest BCUT2D eigenvalue weighted by molar-refractivity contribution is 7.98. The molecule has 0 unspecified atom stereocenters. The second-order valence-electron chi connectivity index (χ2n) is 3.33. The van der Waals surface area contributed by atoms with Gasteiger partial charge in [0.2, 0.25) is 0 Å². The second kappa shape index (κ2) is 4.92. The molecule has 0 heterocycles. The van der Waals surface area contributed by atoms with Crippen LogP contribution in [0.5, 0.6) is 0 Å². The van der Waals surface area contributed by atoms with E-state index in [1.807, 2.05) is 24.5 Å². The number of hydrogen-bond donors (Lipinski definition) is 1. The van der Waals surface area contributed by atoms with E-state index in [1.165, 1.54) is 4.90 Å². The summed E-state index contributed by atoms with van der Waals surface area (Å²) in [5, 5.41) is 12.1. The van der Waals surface area contributed by atoms with Crippen LogP contribution in [0.25, 0.3) is 0 Å². The molecular weight excluding hydrogens is 192 g/mol. The molecule has 2 nitrogen and oxygen atoms in total. The van der Waals surface area contributed by atoms with E-state index in [2.05, 4.69) is 25.2 Å². The lowest BCUT2D eigenvalue weighted by Crippen LogP contribution is -2.10. The molecule has 0 spiro atoms. The van der Waals surface area contributed by atoms with Crippen LogP contribution < -0.4 is 5.32 Å². The van der Waals surface area contributed by atoms with Crippen molar-refractivity contribution in [3.05, 3.63) is 23.8 Å². The Hall–Kier alpha value is -1.14. The molecule has 0 aliphatic carbocycles. The number of thioether (sulfide) groups is 1. The zero-order valence-corrected chi connectivity index (χ0v) is 9.48. The Kier molecular flexibility index (Phi) is 3.84. The number of rotatable bonds is 3. The summed E-state index contributed by atoms with van der Waals surface area (Å²) in [7, 11) is 0. The molecule has 1 aromatic rings. The van der Waals surface area contributed by atoms with Crippen LogP contribution in [-0.4, -0.2) is 12.3 Å². The van der Waals surface area contributed by atoms with Crippen molar-refractivity contribution in [1.82, 2.24) is 0 Å². The molecule has 0 amide bonds. The maximum absolute atomic E-state index is 8.78. The Labute approximate surface area is 89.3 Å². The van der Waals surface area contributed by atoms with Crippen molar-refractivity contribution in [2.24, 2.45) is 0 Å². The molecule has 1 N–H and O–H groups in total. The summed E-state index contributed by atoms with van der Waals surface area (Å²) in [6, 6.07) is 8.25. The van der Waals surface area contributed by atoms with E-state index in [-0.39, 0.29) is 0 Å². The van der Waals surface area contributed by atoms with E-state index in [0.29, 0.717) is 11.6 Å². The van der Waals surface area contributed by atoms with Crippen molar-refractivity contribution >= 4 is 17.4 Å². The van der Waals surface area contributed by atoms with Gasteiger partial charge in [0.1, 0.15) is 0 Å². The maximum Gasteiger partial charge on any atom is 0.0992 e. The van der Waals surface area contributed by atoms with E-state index in [0.717, 1.165) is 5.69 Å². The molecule has 0 saturated carbocycles. The Balaban J connectivity index is 3.03. The molecule has 0 fully saturated rings. The smallest absolute Gasteiger partial charge is 0.0992 e. The van der Waals surface area contributed by atoms with Crippen LogP contribution in [0.3, 0.4) is 0 Å². The normalized spacial score (nSPS) is 9.93. The molecule has 0 bridgehead atoms. The van der Waals surface area contributed by atoms with Gasteiger partial charge in [-0.05, 0) is 38.3 Å². The number of benzene rings is 1. The predicted molar refractivity (Wildman–Crippen MR) is 61.7 cm³/mol. The van der Waals surface area contributed by atoms with E-state index >= 15 is 0 Å². The lowest BCUT2D eigenvalue weighted by Gasteiger charge is -2.13. The van der Waals surface area contributed by atoms with Crippen molar-refractivity contribution in [3.8, 4) is 6.07 Å². The van der Waals surface area contributed by atoms with Gasteiger partial charge in [0.05, 0.1) is 11.6 Å². The summed E-state index contributed by atoms with van der Waals surface area (Å²) in [5.74, 6) is 0. The topological polar surface area (TPSA) is 35.8 Å². The van der Waals surface area contributed by atoms with Crippen LogP contribution in [-0.2, 0) is 0 Å². The molecule has 0 aromatic heterocycles. The minimum atomic E-state index is 0.384. The number of nitrogens with one attached hydrogen (secondary N) is 1. The highest BCUT2D eigenvalue weighted by Gasteiger charge is 2.03. The maximum atomic E-state index is 8.78. The molecule has 0 aliphatic heterocycles. The zero-order chi connectivity index (χ0) is 10.6. The first-order chi connectivity index (χ1) is 6.67. The summed E-state index contributed by atoms with van der Waals surface area (Å²) >= 11 is 1.68. The van der Waals surface area contributed by atoms with Crippen LogP contribution in [0, 0.1) is 11.3 Å². The van der Waals surface area contributed by atoms with Gasteiger partial charge in [-0.25, -0.2) is 0 Å². The average Bonchev–Trinajstić information content (AvgIpc) is 2.16. The van der Waals surface area contributed by atoms with Crippen LogP contribution in [0.2, 0.25) is 0 Å². The van der Waals surface area contributed by atoms with E-state index < -0.39 is 0 Å². The average molecular weight is 206 g/mol. The van der Waals surface area contributed by atoms with E-state index in [4.69, 9.17) is 5.26 Å². The lowest BCUT2D eigenvalue weighted by atomic mass is 10.2. The first-order valence-electron chi connectivity index (χ1n) is 4.52. The minimum absolute atomic E-state index is 0.384. The highest BCUT2D eigenvalue weighted by atomic mass is 32.2. The number of hydrogen-bond acceptors (Lipinski definition) is 3. The minimum Gasteiger partial charge on any atom is -0.382 e. The summed E-state index contributed by atoms with van der Waals surface area (Å²) < 4.78 is 0. The van der Waals surface area contributed by atoms with Crippen molar-refractivity contribution in [3.63, 3.8) is 0 Å². The molecule has 0 saturated heterocycles. The van der Waals surface area contributed by atoms with Gasteiger partial charge < -0.3 is 5.32 Å². The fourth-order valence-electron chi connectivity index (χ4n) is 1.20. The van der Waals surface area contributed by atoms with Crippen molar-refractivity contribution in [1.29, 1.82) is 5.26 Å². The SMILES string of the molecule is CSc1ccc(C#N)cc1NC(C)C. The fourth-order valence-corrected chi connectivity index (χ4v) is 1.74. The first-order valence-corrected chi connectivity index (χ1v) is 5.74. The molecule has 3 heteroatoms. The molecule has 1 aromatic carbocycles. The molecule has 0 aliphatic rings. The molecule has 1 rings (SSSR count). The van der Waals surface area contributed by atoms with Gasteiger partial charge in [-0.2, -0.15) is 5.26 Å². The van der Waals surface area contributed by atoms with Crippen LogP contribution >= 0.6 is 11.8 Å². The Morgan fingerprint density at radius 1 is 1.43 bits per heavy atom. The van der Waals surface area contributed by atoms with E-state index in [1.54, 1.807) is 11.8 Å². The third-order valence-electron chi connectivity index (χ3n) is 1.77. The van der Waals surface area contributed by atoms with Gasteiger partial charge >= 0.3 is 0 Å². The molecular formula is C11H14N2S. The Morgan fingerprint density at radius 2 is 2.14 bits per heavy atom. The van der Waals surface area contributed by atoms with Gasteiger partial charge in [-0.1, -0.05) is 0 Å². The van der Waals surface area contributed by atoms with Gasteiger partial charge in [-0.3, -0.25) is 0 Å². The quantitative estimate of drug-likeness (QED) is 0.772. The highest BCUT2D eigenvalue weighted by Crippen LogP contribution is 2.26. The van der Waals surface area contributed by atoms with Gasteiger partial charge in [0.15, 0.2) is 0 Å². The summed E-state index contributed by atoms with van der Waals surface area (Å²) in [6.07, 6.45) is 2.03. The van der Waals surface area contributed by atoms with Crippen LogP contribution in [0.4, 0.5) is 5.69 Å².